The molecule has 1 aromatic rings. The Morgan fingerprint density at radius 3 is 2.65 bits per heavy atom. The van der Waals surface area contributed by atoms with Crippen LogP contribution in [0.4, 0.5) is 4.79 Å². The fourth-order valence-corrected chi connectivity index (χ4v) is 2.49. The first-order chi connectivity index (χ1) is 10.7. The Hall–Kier alpha value is -1.95. The molecule has 1 unspecified atom stereocenters. The van der Waals surface area contributed by atoms with E-state index in [1.54, 1.807) is 17.0 Å². The van der Waals surface area contributed by atoms with Crippen molar-refractivity contribution >= 4 is 23.6 Å². The molecule has 1 atom stereocenters. The van der Waals surface area contributed by atoms with Gasteiger partial charge in [0.2, 0.25) is 5.91 Å². The monoisotopic (exact) mass is 340 g/mol. The molecule has 1 aliphatic rings. The van der Waals surface area contributed by atoms with Gasteiger partial charge in [0.15, 0.2) is 0 Å². The van der Waals surface area contributed by atoms with Crippen LogP contribution in [0.2, 0.25) is 5.02 Å². The maximum atomic E-state index is 12.0. The molecule has 0 aliphatic carbocycles. The normalized spacial score (nSPS) is 17.9. The first kappa shape index (κ1) is 17.4. The Bertz CT molecular complexity index is 613. The minimum Gasteiger partial charge on any atom is -0.488 e. The van der Waals surface area contributed by atoms with E-state index in [4.69, 9.17) is 26.8 Å². The van der Waals surface area contributed by atoms with Gasteiger partial charge in [-0.25, -0.2) is 4.79 Å². The Labute approximate surface area is 140 Å². The third kappa shape index (κ3) is 4.76. The maximum absolute atomic E-state index is 12.0. The predicted octanol–water partition coefficient (Wildman–Crippen LogP) is 2.83. The van der Waals surface area contributed by atoms with Gasteiger partial charge in [-0.3, -0.25) is 4.79 Å². The molecule has 0 saturated carbocycles. The van der Waals surface area contributed by atoms with Gasteiger partial charge < -0.3 is 20.1 Å². The summed E-state index contributed by atoms with van der Waals surface area (Å²) in [7, 11) is 0. The molecule has 1 aliphatic heterocycles. The van der Waals surface area contributed by atoms with E-state index in [0.29, 0.717) is 25.3 Å². The summed E-state index contributed by atoms with van der Waals surface area (Å²) in [6.45, 7) is 6.48. The predicted molar refractivity (Wildman–Crippen MR) is 86.8 cm³/mol. The van der Waals surface area contributed by atoms with Crippen LogP contribution in [0.1, 0.15) is 37.6 Å². The number of likely N-dealkylation sites (tertiary alicyclic amines) is 1. The zero-order chi connectivity index (χ0) is 17.2. The summed E-state index contributed by atoms with van der Waals surface area (Å²) >= 11 is 5.91. The number of rotatable bonds is 3. The van der Waals surface area contributed by atoms with Crippen molar-refractivity contribution in [2.24, 2.45) is 5.73 Å². The second kappa shape index (κ2) is 6.66. The number of amides is 2. The smallest absolute Gasteiger partial charge is 0.410 e. The Balaban J connectivity index is 1.97. The molecule has 0 spiro atoms. The highest BCUT2D eigenvalue weighted by molar-refractivity contribution is 6.33. The first-order valence-electron chi connectivity index (χ1n) is 7.39. The van der Waals surface area contributed by atoms with E-state index in [9.17, 15) is 9.59 Å². The van der Waals surface area contributed by atoms with Crippen molar-refractivity contribution in [3.63, 3.8) is 0 Å². The molecule has 0 bridgehead atoms. The van der Waals surface area contributed by atoms with Crippen molar-refractivity contribution < 1.29 is 19.1 Å². The molecular weight excluding hydrogens is 320 g/mol. The van der Waals surface area contributed by atoms with Crippen molar-refractivity contribution in [3.8, 4) is 5.75 Å². The van der Waals surface area contributed by atoms with E-state index in [0.717, 1.165) is 0 Å². The molecule has 1 aromatic carbocycles. The van der Waals surface area contributed by atoms with Gasteiger partial charge >= 0.3 is 6.09 Å². The van der Waals surface area contributed by atoms with Crippen LogP contribution in [0.15, 0.2) is 18.2 Å². The number of hydrogen-bond donors (Lipinski definition) is 1. The van der Waals surface area contributed by atoms with Crippen LogP contribution in [-0.4, -0.2) is 41.7 Å². The van der Waals surface area contributed by atoms with Crippen LogP contribution >= 0.6 is 11.6 Å². The Morgan fingerprint density at radius 1 is 1.35 bits per heavy atom. The lowest BCUT2D eigenvalue weighted by Gasteiger charge is -2.24. The van der Waals surface area contributed by atoms with Crippen LogP contribution < -0.4 is 10.5 Å². The van der Waals surface area contributed by atoms with Crippen LogP contribution in [0, 0.1) is 0 Å². The maximum Gasteiger partial charge on any atom is 0.410 e. The van der Waals surface area contributed by atoms with E-state index in [1.165, 1.54) is 6.07 Å². The summed E-state index contributed by atoms with van der Waals surface area (Å²) < 4.78 is 11.2. The first-order valence-corrected chi connectivity index (χ1v) is 7.77. The van der Waals surface area contributed by atoms with E-state index < -0.39 is 11.5 Å². The molecule has 2 rings (SSSR count). The molecule has 1 saturated heterocycles. The summed E-state index contributed by atoms with van der Waals surface area (Å²) in [6.07, 6.45) is 0.176. The van der Waals surface area contributed by atoms with Crippen molar-refractivity contribution in [2.75, 3.05) is 13.1 Å². The highest BCUT2D eigenvalue weighted by atomic mass is 35.5. The van der Waals surface area contributed by atoms with Gasteiger partial charge in [0.25, 0.3) is 0 Å². The molecule has 1 heterocycles. The van der Waals surface area contributed by atoms with Crippen molar-refractivity contribution in [3.05, 3.63) is 28.8 Å². The Morgan fingerprint density at radius 2 is 2.04 bits per heavy atom. The van der Waals surface area contributed by atoms with Gasteiger partial charge in [-0.2, -0.15) is 0 Å². The number of primary amides is 1. The van der Waals surface area contributed by atoms with E-state index in [2.05, 4.69) is 0 Å². The molecule has 0 radical (unpaired) electrons. The highest BCUT2D eigenvalue weighted by Gasteiger charge is 2.31. The van der Waals surface area contributed by atoms with Gasteiger partial charge in [0.05, 0.1) is 17.1 Å². The number of carbonyl (C=O) groups is 2. The molecular formula is C16H21ClN2O4. The number of hydrogen-bond acceptors (Lipinski definition) is 4. The zero-order valence-corrected chi connectivity index (χ0v) is 14.2. The van der Waals surface area contributed by atoms with Gasteiger partial charge in [-0.05, 0) is 39.0 Å². The molecule has 23 heavy (non-hydrogen) atoms. The number of benzene rings is 1. The van der Waals surface area contributed by atoms with Crippen molar-refractivity contribution in [1.82, 2.24) is 4.90 Å². The van der Waals surface area contributed by atoms with Gasteiger partial charge in [0.1, 0.15) is 17.5 Å². The van der Waals surface area contributed by atoms with Gasteiger partial charge in [-0.1, -0.05) is 11.6 Å². The summed E-state index contributed by atoms with van der Waals surface area (Å²) in [5.74, 6) is -0.110. The number of ether oxygens (including phenoxy) is 2. The average Bonchev–Trinajstić information content (AvgIpc) is 2.87. The summed E-state index contributed by atoms with van der Waals surface area (Å²) in [5, 5.41) is 0.284. The molecule has 1 fully saturated rings. The number of halogens is 1. The minimum absolute atomic E-state index is 0.163. The van der Waals surface area contributed by atoms with Crippen molar-refractivity contribution in [2.45, 2.75) is 38.9 Å². The molecule has 7 heteroatoms. The lowest BCUT2D eigenvalue weighted by atomic mass is 10.2. The van der Waals surface area contributed by atoms with Crippen LogP contribution in [0.5, 0.6) is 5.75 Å². The lowest BCUT2D eigenvalue weighted by molar-refractivity contribution is 0.0275. The molecule has 2 amide bonds. The topological polar surface area (TPSA) is 81.9 Å². The van der Waals surface area contributed by atoms with Crippen LogP contribution in [-0.2, 0) is 4.74 Å². The largest absolute Gasteiger partial charge is 0.488 e. The number of carbonyl (C=O) groups excluding carboxylic acids is 2. The van der Waals surface area contributed by atoms with Crippen molar-refractivity contribution in [1.29, 1.82) is 0 Å². The van der Waals surface area contributed by atoms with E-state index in [1.807, 2.05) is 20.8 Å². The summed E-state index contributed by atoms with van der Waals surface area (Å²) in [6, 6.07) is 4.75. The second-order valence-electron chi connectivity index (χ2n) is 6.46. The standard InChI is InChI=1S/C16H21ClN2O4/c1-16(2,3)23-15(21)19-7-6-11(9-19)22-10-4-5-13(17)12(8-10)14(18)20/h4-5,8,11H,6-7,9H2,1-3H3,(H2,18,20). The number of nitrogens with two attached hydrogens (primary N) is 1. The third-order valence-corrected chi connectivity index (χ3v) is 3.63. The molecule has 0 aromatic heterocycles. The summed E-state index contributed by atoms with van der Waals surface area (Å²) in [4.78, 5) is 24.9. The SMILES string of the molecule is CC(C)(C)OC(=O)N1CCC(Oc2ccc(Cl)c(C(N)=O)c2)C1. The Kier molecular flexibility index (Phi) is 5.04. The van der Waals surface area contributed by atoms with E-state index >= 15 is 0 Å². The quantitative estimate of drug-likeness (QED) is 0.917. The van der Waals surface area contributed by atoms with Crippen LogP contribution in [0.3, 0.4) is 0 Å². The molecule has 2 N–H and O–H groups in total. The molecule has 126 valence electrons. The number of nitrogens with zero attached hydrogens (tertiary/aromatic N) is 1. The molecule has 6 nitrogen and oxygen atoms in total. The fraction of sp³-hybridized carbons (Fsp3) is 0.500. The van der Waals surface area contributed by atoms with E-state index in [-0.39, 0.29) is 22.8 Å². The lowest BCUT2D eigenvalue weighted by Crippen LogP contribution is -2.36. The second-order valence-corrected chi connectivity index (χ2v) is 6.87. The highest BCUT2D eigenvalue weighted by Crippen LogP contribution is 2.25. The average molecular weight is 341 g/mol. The van der Waals surface area contributed by atoms with Gasteiger partial charge in [-0.15, -0.1) is 0 Å². The fourth-order valence-electron chi connectivity index (χ4n) is 2.28. The zero-order valence-electron chi connectivity index (χ0n) is 13.5. The third-order valence-electron chi connectivity index (χ3n) is 3.30. The van der Waals surface area contributed by atoms with Crippen LogP contribution in [0.25, 0.3) is 0 Å². The minimum atomic E-state index is -0.609. The van der Waals surface area contributed by atoms with Gasteiger partial charge in [0, 0.05) is 13.0 Å². The summed E-state index contributed by atoms with van der Waals surface area (Å²) in [5.41, 5.74) is 4.95.